The molecule has 4 nitrogen and oxygen atoms in total. The lowest BCUT2D eigenvalue weighted by Gasteiger charge is -2.10. The summed E-state index contributed by atoms with van der Waals surface area (Å²) in [4.78, 5) is 12.0. The Balaban J connectivity index is 2.70. The lowest BCUT2D eigenvalue weighted by Crippen LogP contribution is -2.25. The summed E-state index contributed by atoms with van der Waals surface area (Å²) in [5.41, 5.74) is 0.506. The molecule has 0 radical (unpaired) electrons. The molecule has 0 saturated carbocycles. The molecule has 0 unspecified atom stereocenters. The molecule has 18 heavy (non-hydrogen) atoms. The Bertz CT molecular complexity index is 396. The number of halogens is 1. The zero-order valence-electron chi connectivity index (χ0n) is 10.7. The van der Waals surface area contributed by atoms with Gasteiger partial charge in [0.1, 0.15) is 11.5 Å². The molecular weight excluding hydrogens is 345 g/mol. The minimum absolute atomic E-state index is 0.126. The van der Waals surface area contributed by atoms with Crippen molar-refractivity contribution in [3.63, 3.8) is 0 Å². The quantitative estimate of drug-likeness (QED) is 0.460. The molecule has 0 aromatic heterocycles. The number of ether oxygens (including phenoxy) is 2. The van der Waals surface area contributed by atoms with E-state index in [1.54, 1.807) is 32.4 Å². The van der Waals surface area contributed by atoms with E-state index in [2.05, 4.69) is 27.9 Å². The molecule has 0 heterocycles. The van der Waals surface area contributed by atoms with Crippen LogP contribution in [-0.2, 0) is 0 Å². The van der Waals surface area contributed by atoms with Crippen molar-refractivity contribution in [1.82, 2.24) is 5.32 Å². The standard InChI is InChI=1S/C13H18INO3/c1-17-10-5-6-12(18-2)11(9-10)13(16)15-8-4-3-7-14/h5-6,9H,3-4,7-8H2,1-2H3,(H,15,16). The molecule has 0 aliphatic heterocycles. The molecule has 0 aliphatic carbocycles. The van der Waals surface area contributed by atoms with Crippen LogP contribution in [0.4, 0.5) is 0 Å². The first-order valence-electron chi connectivity index (χ1n) is 5.79. The Morgan fingerprint density at radius 1 is 1.28 bits per heavy atom. The van der Waals surface area contributed by atoms with Crippen molar-refractivity contribution >= 4 is 28.5 Å². The van der Waals surface area contributed by atoms with E-state index < -0.39 is 0 Å². The maximum atomic E-state index is 12.0. The highest BCUT2D eigenvalue weighted by Gasteiger charge is 2.12. The topological polar surface area (TPSA) is 47.6 Å². The molecule has 5 heteroatoms. The van der Waals surface area contributed by atoms with Gasteiger partial charge in [0.2, 0.25) is 0 Å². The van der Waals surface area contributed by atoms with Gasteiger partial charge in [-0.05, 0) is 35.5 Å². The largest absolute Gasteiger partial charge is 0.497 e. The molecule has 0 fully saturated rings. The number of rotatable bonds is 7. The Labute approximate surface area is 121 Å². The average Bonchev–Trinajstić information content (AvgIpc) is 2.42. The fourth-order valence-corrected chi connectivity index (χ4v) is 2.05. The summed E-state index contributed by atoms with van der Waals surface area (Å²) < 4.78 is 11.4. The smallest absolute Gasteiger partial charge is 0.255 e. The second-order valence-electron chi connectivity index (χ2n) is 3.72. The Morgan fingerprint density at radius 2 is 2.06 bits per heavy atom. The van der Waals surface area contributed by atoms with Crippen LogP contribution in [0, 0.1) is 0 Å². The van der Waals surface area contributed by atoms with Gasteiger partial charge >= 0.3 is 0 Å². The van der Waals surface area contributed by atoms with Crippen LogP contribution in [0.1, 0.15) is 23.2 Å². The first-order chi connectivity index (χ1) is 8.72. The number of amides is 1. The Morgan fingerprint density at radius 3 is 2.67 bits per heavy atom. The van der Waals surface area contributed by atoms with Crippen LogP contribution in [-0.4, -0.2) is 31.1 Å². The first-order valence-corrected chi connectivity index (χ1v) is 7.31. The normalized spacial score (nSPS) is 9.94. The minimum Gasteiger partial charge on any atom is -0.497 e. The molecule has 0 atom stereocenters. The third-order valence-corrected chi connectivity index (χ3v) is 3.26. The zero-order chi connectivity index (χ0) is 13.4. The summed E-state index contributed by atoms with van der Waals surface area (Å²) in [7, 11) is 3.12. The van der Waals surface area contributed by atoms with Crippen molar-refractivity contribution in [3.8, 4) is 11.5 Å². The number of carbonyl (C=O) groups is 1. The highest BCUT2D eigenvalue weighted by Crippen LogP contribution is 2.23. The molecule has 0 aliphatic rings. The molecule has 0 bridgehead atoms. The van der Waals surface area contributed by atoms with Gasteiger partial charge in [-0.25, -0.2) is 0 Å². The number of alkyl halides is 1. The van der Waals surface area contributed by atoms with Gasteiger partial charge in [0.25, 0.3) is 5.91 Å². The van der Waals surface area contributed by atoms with Crippen LogP contribution < -0.4 is 14.8 Å². The van der Waals surface area contributed by atoms with Gasteiger partial charge in [-0.1, -0.05) is 22.6 Å². The van der Waals surface area contributed by atoms with Gasteiger partial charge in [0.15, 0.2) is 0 Å². The van der Waals surface area contributed by atoms with Gasteiger partial charge in [-0.15, -0.1) is 0 Å². The van der Waals surface area contributed by atoms with Crippen LogP contribution >= 0.6 is 22.6 Å². The fourth-order valence-electron chi connectivity index (χ4n) is 1.51. The first kappa shape index (κ1) is 15.1. The second kappa shape index (κ2) is 8.18. The molecule has 1 N–H and O–H groups in total. The van der Waals surface area contributed by atoms with Crippen molar-refractivity contribution in [1.29, 1.82) is 0 Å². The lowest BCUT2D eigenvalue weighted by molar-refractivity contribution is 0.0950. The third-order valence-electron chi connectivity index (χ3n) is 2.50. The highest BCUT2D eigenvalue weighted by molar-refractivity contribution is 14.1. The van der Waals surface area contributed by atoms with Gasteiger partial charge in [0, 0.05) is 6.54 Å². The van der Waals surface area contributed by atoms with E-state index >= 15 is 0 Å². The van der Waals surface area contributed by atoms with E-state index in [-0.39, 0.29) is 5.91 Å². The van der Waals surface area contributed by atoms with E-state index in [0.29, 0.717) is 23.6 Å². The van der Waals surface area contributed by atoms with E-state index in [1.807, 2.05) is 0 Å². The van der Waals surface area contributed by atoms with Gasteiger partial charge in [0.05, 0.1) is 19.8 Å². The van der Waals surface area contributed by atoms with Crippen LogP contribution in [0.15, 0.2) is 18.2 Å². The summed E-state index contributed by atoms with van der Waals surface area (Å²) in [6.07, 6.45) is 2.09. The van der Waals surface area contributed by atoms with Gasteiger partial charge in [-0.2, -0.15) is 0 Å². The number of nitrogens with one attached hydrogen (secondary N) is 1. The fraction of sp³-hybridized carbons (Fsp3) is 0.462. The van der Waals surface area contributed by atoms with E-state index in [9.17, 15) is 4.79 Å². The van der Waals surface area contributed by atoms with Crippen molar-refractivity contribution < 1.29 is 14.3 Å². The van der Waals surface area contributed by atoms with Crippen LogP contribution in [0.2, 0.25) is 0 Å². The molecule has 1 aromatic carbocycles. The van der Waals surface area contributed by atoms with E-state index in [4.69, 9.17) is 9.47 Å². The van der Waals surface area contributed by atoms with Crippen LogP contribution in [0.3, 0.4) is 0 Å². The number of hydrogen-bond acceptors (Lipinski definition) is 3. The third kappa shape index (κ3) is 4.36. The second-order valence-corrected chi connectivity index (χ2v) is 4.80. The van der Waals surface area contributed by atoms with E-state index in [0.717, 1.165) is 17.3 Å². The highest BCUT2D eigenvalue weighted by atomic mass is 127. The number of unbranched alkanes of at least 4 members (excludes halogenated alkanes) is 1. The number of hydrogen-bond donors (Lipinski definition) is 1. The number of methoxy groups -OCH3 is 2. The summed E-state index contributed by atoms with van der Waals surface area (Å²) in [6, 6.07) is 5.19. The molecule has 0 saturated heterocycles. The summed E-state index contributed by atoms with van der Waals surface area (Å²) >= 11 is 2.33. The maximum absolute atomic E-state index is 12.0. The lowest BCUT2D eigenvalue weighted by atomic mass is 10.1. The van der Waals surface area contributed by atoms with Crippen molar-refractivity contribution in [3.05, 3.63) is 23.8 Å². The van der Waals surface area contributed by atoms with Gasteiger partial charge < -0.3 is 14.8 Å². The molecule has 100 valence electrons. The predicted octanol–water partition coefficient (Wildman–Crippen LogP) is 2.65. The number of benzene rings is 1. The maximum Gasteiger partial charge on any atom is 0.255 e. The molecule has 1 rings (SSSR count). The summed E-state index contributed by atoms with van der Waals surface area (Å²) in [5.74, 6) is 1.08. The average molecular weight is 363 g/mol. The molecule has 1 amide bonds. The zero-order valence-corrected chi connectivity index (χ0v) is 12.8. The van der Waals surface area contributed by atoms with Crippen LogP contribution in [0.25, 0.3) is 0 Å². The number of carbonyl (C=O) groups excluding carboxylic acids is 1. The van der Waals surface area contributed by atoms with Crippen LogP contribution in [0.5, 0.6) is 11.5 Å². The summed E-state index contributed by atoms with van der Waals surface area (Å²) in [6.45, 7) is 0.683. The molecule has 1 aromatic rings. The van der Waals surface area contributed by atoms with Crippen molar-refractivity contribution in [2.24, 2.45) is 0 Å². The van der Waals surface area contributed by atoms with E-state index in [1.165, 1.54) is 0 Å². The van der Waals surface area contributed by atoms with Crippen molar-refractivity contribution in [2.75, 3.05) is 25.2 Å². The predicted molar refractivity (Wildman–Crippen MR) is 80.0 cm³/mol. The van der Waals surface area contributed by atoms with Gasteiger partial charge in [-0.3, -0.25) is 4.79 Å². The summed E-state index contributed by atoms with van der Waals surface area (Å²) in [5, 5.41) is 2.88. The minimum atomic E-state index is -0.126. The monoisotopic (exact) mass is 363 g/mol. The molecular formula is C13H18INO3. The Hall–Kier alpha value is -0.980. The Kier molecular flexibility index (Phi) is 6.85. The van der Waals surface area contributed by atoms with Crippen molar-refractivity contribution in [2.45, 2.75) is 12.8 Å². The SMILES string of the molecule is COc1ccc(OC)c(C(=O)NCCCCI)c1. The molecule has 0 spiro atoms.